The van der Waals surface area contributed by atoms with Gasteiger partial charge in [0.1, 0.15) is 5.15 Å². The zero-order valence-electron chi connectivity index (χ0n) is 6.53. The van der Waals surface area contributed by atoms with Gasteiger partial charge < -0.3 is 5.11 Å². The lowest BCUT2D eigenvalue weighted by Gasteiger charge is -2.00. The first-order valence-corrected chi connectivity index (χ1v) is 5.16. The number of aliphatic hydroxyl groups is 1. The third-order valence-corrected chi connectivity index (χ3v) is 2.66. The second kappa shape index (κ2) is 5.41. The van der Waals surface area contributed by atoms with Crippen molar-refractivity contribution in [3.05, 3.63) is 29.0 Å². The normalized spacial score (nSPS) is 10.2. The monoisotopic (exact) mass is 203 g/mol. The summed E-state index contributed by atoms with van der Waals surface area (Å²) >= 11 is 7.46. The number of pyridine rings is 1. The zero-order valence-corrected chi connectivity index (χ0v) is 8.11. The van der Waals surface area contributed by atoms with Gasteiger partial charge in [0, 0.05) is 17.7 Å². The van der Waals surface area contributed by atoms with E-state index in [1.54, 1.807) is 18.0 Å². The number of thioether (sulfide) groups is 1. The van der Waals surface area contributed by atoms with Gasteiger partial charge in [-0.05, 0) is 11.6 Å². The van der Waals surface area contributed by atoms with Crippen LogP contribution < -0.4 is 0 Å². The highest BCUT2D eigenvalue weighted by atomic mass is 35.5. The van der Waals surface area contributed by atoms with Crippen molar-refractivity contribution >= 4 is 23.4 Å². The van der Waals surface area contributed by atoms with E-state index in [9.17, 15) is 0 Å². The van der Waals surface area contributed by atoms with Crippen LogP contribution in [-0.2, 0) is 5.75 Å². The molecule has 0 atom stereocenters. The Labute approximate surface area is 81.0 Å². The summed E-state index contributed by atoms with van der Waals surface area (Å²) in [4.78, 5) is 3.95. The molecule has 0 saturated heterocycles. The standard InChI is InChI=1S/C8H10ClNOS/c9-8-7(2-1-3-10-8)6-12-5-4-11/h1-3,11H,4-6H2. The second-order valence-corrected chi connectivity index (χ2v) is 3.69. The minimum atomic E-state index is 0.211. The van der Waals surface area contributed by atoms with Crippen LogP contribution in [0.25, 0.3) is 0 Å². The summed E-state index contributed by atoms with van der Waals surface area (Å²) in [7, 11) is 0. The van der Waals surface area contributed by atoms with E-state index in [1.807, 2.05) is 12.1 Å². The minimum Gasteiger partial charge on any atom is -0.396 e. The maximum absolute atomic E-state index is 8.54. The van der Waals surface area contributed by atoms with Crippen molar-refractivity contribution in [2.75, 3.05) is 12.4 Å². The van der Waals surface area contributed by atoms with Crippen molar-refractivity contribution in [1.29, 1.82) is 0 Å². The number of hydrogen-bond donors (Lipinski definition) is 1. The van der Waals surface area contributed by atoms with E-state index in [0.29, 0.717) is 5.15 Å². The Hall–Kier alpha value is -0.250. The molecule has 0 aliphatic rings. The largest absolute Gasteiger partial charge is 0.396 e. The lowest BCUT2D eigenvalue weighted by atomic mass is 10.3. The zero-order chi connectivity index (χ0) is 8.81. The summed E-state index contributed by atoms with van der Waals surface area (Å²) in [6, 6.07) is 3.81. The van der Waals surface area contributed by atoms with Gasteiger partial charge in [0.25, 0.3) is 0 Å². The van der Waals surface area contributed by atoms with Crippen molar-refractivity contribution in [3.8, 4) is 0 Å². The highest BCUT2D eigenvalue weighted by Crippen LogP contribution is 2.17. The number of rotatable bonds is 4. The fraction of sp³-hybridized carbons (Fsp3) is 0.375. The van der Waals surface area contributed by atoms with Gasteiger partial charge in [0.2, 0.25) is 0 Å². The molecular weight excluding hydrogens is 194 g/mol. The predicted molar refractivity (Wildman–Crippen MR) is 52.5 cm³/mol. The molecule has 0 fully saturated rings. The van der Waals surface area contributed by atoms with Crippen LogP contribution in [0, 0.1) is 0 Å². The van der Waals surface area contributed by atoms with Crippen molar-refractivity contribution in [1.82, 2.24) is 4.98 Å². The van der Waals surface area contributed by atoms with E-state index in [0.717, 1.165) is 17.1 Å². The number of halogens is 1. The highest BCUT2D eigenvalue weighted by Gasteiger charge is 1.98. The molecule has 4 heteroatoms. The molecule has 2 nitrogen and oxygen atoms in total. The van der Waals surface area contributed by atoms with E-state index in [-0.39, 0.29) is 6.61 Å². The molecule has 0 saturated carbocycles. The quantitative estimate of drug-likeness (QED) is 0.600. The molecule has 12 heavy (non-hydrogen) atoms. The van der Waals surface area contributed by atoms with Crippen molar-refractivity contribution in [2.24, 2.45) is 0 Å². The van der Waals surface area contributed by atoms with E-state index in [1.165, 1.54) is 0 Å². The summed E-state index contributed by atoms with van der Waals surface area (Å²) < 4.78 is 0. The first kappa shape index (κ1) is 9.84. The Morgan fingerprint density at radius 1 is 1.58 bits per heavy atom. The molecule has 1 aromatic rings. The molecule has 66 valence electrons. The van der Waals surface area contributed by atoms with E-state index < -0.39 is 0 Å². The molecule has 0 aromatic carbocycles. The lowest BCUT2D eigenvalue weighted by Crippen LogP contribution is -1.89. The lowest BCUT2D eigenvalue weighted by molar-refractivity contribution is 0.322. The molecule has 0 aliphatic heterocycles. The van der Waals surface area contributed by atoms with Crippen LogP contribution in [0.3, 0.4) is 0 Å². The molecule has 0 spiro atoms. The molecule has 0 unspecified atom stereocenters. The highest BCUT2D eigenvalue weighted by molar-refractivity contribution is 7.98. The summed E-state index contributed by atoms with van der Waals surface area (Å²) in [5, 5.41) is 9.10. The van der Waals surface area contributed by atoms with Crippen molar-refractivity contribution in [3.63, 3.8) is 0 Å². The number of hydrogen-bond acceptors (Lipinski definition) is 3. The fourth-order valence-electron chi connectivity index (χ4n) is 0.774. The van der Waals surface area contributed by atoms with Crippen LogP contribution in [0.4, 0.5) is 0 Å². The average molecular weight is 204 g/mol. The van der Waals surface area contributed by atoms with Crippen LogP contribution in [0.1, 0.15) is 5.56 Å². The third-order valence-electron chi connectivity index (χ3n) is 1.33. The Kier molecular flexibility index (Phi) is 4.43. The van der Waals surface area contributed by atoms with E-state index in [2.05, 4.69) is 4.98 Å². The molecule has 1 heterocycles. The Balaban J connectivity index is 2.46. The van der Waals surface area contributed by atoms with Crippen LogP contribution in [-0.4, -0.2) is 22.5 Å². The van der Waals surface area contributed by atoms with E-state index >= 15 is 0 Å². The molecule has 1 N–H and O–H groups in total. The number of aliphatic hydroxyl groups excluding tert-OH is 1. The topological polar surface area (TPSA) is 33.1 Å². The molecule has 1 rings (SSSR count). The van der Waals surface area contributed by atoms with Gasteiger partial charge in [-0.2, -0.15) is 11.8 Å². The Morgan fingerprint density at radius 3 is 3.08 bits per heavy atom. The van der Waals surface area contributed by atoms with Gasteiger partial charge in [-0.1, -0.05) is 17.7 Å². The summed E-state index contributed by atoms with van der Waals surface area (Å²) in [6.45, 7) is 0.211. The molecular formula is C8H10ClNOS. The van der Waals surface area contributed by atoms with Crippen molar-refractivity contribution in [2.45, 2.75) is 5.75 Å². The summed E-state index contributed by atoms with van der Waals surface area (Å²) in [5.74, 6) is 1.55. The third kappa shape index (κ3) is 3.01. The first-order chi connectivity index (χ1) is 5.84. The SMILES string of the molecule is OCCSCc1cccnc1Cl. The van der Waals surface area contributed by atoms with Crippen molar-refractivity contribution < 1.29 is 5.11 Å². The van der Waals surface area contributed by atoms with Gasteiger partial charge >= 0.3 is 0 Å². The fourth-order valence-corrected chi connectivity index (χ4v) is 1.77. The predicted octanol–water partition coefficient (Wildman–Crippen LogP) is 1.96. The first-order valence-electron chi connectivity index (χ1n) is 3.62. The van der Waals surface area contributed by atoms with Crippen LogP contribution >= 0.6 is 23.4 Å². The molecule has 0 aliphatic carbocycles. The molecule has 0 bridgehead atoms. The Morgan fingerprint density at radius 2 is 2.42 bits per heavy atom. The number of nitrogens with zero attached hydrogens (tertiary/aromatic N) is 1. The van der Waals surface area contributed by atoms with Crippen LogP contribution in [0.15, 0.2) is 18.3 Å². The van der Waals surface area contributed by atoms with Gasteiger partial charge in [0.15, 0.2) is 0 Å². The van der Waals surface area contributed by atoms with Gasteiger partial charge in [-0.15, -0.1) is 0 Å². The smallest absolute Gasteiger partial charge is 0.133 e. The summed E-state index contributed by atoms with van der Waals surface area (Å²) in [5.41, 5.74) is 1.03. The van der Waals surface area contributed by atoms with Gasteiger partial charge in [-0.3, -0.25) is 0 Å². The van der Waals surface area contributed by atoms with Gasteiger partial charge in [-0.25, -0.2) is 4.98 Å². The van der Waals surface area contributed by atoms with E-state index in [4.69, 9.17) is 16.7 Å². The minimum absolute atomic E-state index is 0.211. The maximum Gasteiger partial charge on any atom is 0.133 e. The summed E-state index contributed by atoms with van der Waals surface area (Å²) in [6.07, 6.45) is 1.67. The Bertz CT molecular complexity index is 244. The maximum atomic E-state index is 8.54. The molecule has 0 amide bonds. The van der Waals surface area contributed by atoms with Crippen LogP contribution in [0.2, 0.25) is 5.15 Å². The molecule has 1 aromatic heterocycles. The van der Waals surface area contributed by atoms with Crippen LogP contribution in [0.5, 0.6) is 0 Å². The van der Waals surface area contributed by atoms with Gasteiger partial charge in [0.05, 0.1) is 6.61 Å². The number of aromatic nitrogens is 1. The molecule has 0 radical (unpaired) electrons. The average Bonchev–Trinajstić information content (AvgIpc) is 2.09. The second-order valence-electron chi connectivity index (χ2n) is 2.23.